The number of hydrogen-bond acceptors (Lipinski definition) is 4. The highest BCUT2D eigenvalue weighted by Gasteiger charge is 2.26. The third kappa shape index (κ3) is 2.82. The summed E-state index contributed by atoms with van der Waals surface area (Å²) in [5.41, 5.74) is -0.544. The van der Waals surface area contributed by atoms with Gasteiger partial charge in [0.1, 0.15) is 0 Å². The summed E-state index contributed by atoms with van der Waals surface area (Å²) in [5, 5.41) is 15.9. The minimum absolute atomic E-state index is 0.0313. The van der Waals surface area contributed by atoms with Gasteiger partial charge in [0.2, 0.25) is 5.91 Å². The quantitative estimate of drug-likeness (QED) is 0.908. The second kappa shape index (κ2) is 5.63. The molecule has 0 saturated heterocycles. The largest absolute Gasteiger partial charge is 0.367 e. The van der Waals surface area contributed by atoms with Crippen LogP contribution in [0.15, 0.2) is 24.3 Å². The Kier molecular flexibility index (Phi) is 4.09. The van der Waals surface area contributed by atoms with Gasteiger partial charge in [-0.15, -0.1) is 10.2 Å². The van der Waals surface area contributed by atoms with Crippen LogP contribution in [0.25, 0.3) is 10.8 Å². The molecule has 5 nitrogen and oxygen atoms in total. The van der Waals surface area contributed by atoms with E-state index in [1.54, 1.807) is 7.05 Å². The predicted octanol–water partition coefficient (Wildman–Crippen LogP) is 2.47. The molecule has 0 bridgehead atoms. The van der Waals surface area contributed by atoms with Gasteiger partial charge in [0.15, 0.2) is 11.0 Å². The van der Waals surface area contributed by atoms with Crippen LogP contribution in [0.4, 0.5) is 5.82 Å². The van der Waals surface area contributed by atoms with Gasteiger partial charge < -0.3 is 10.6 Å². The van der Waals surface area contributed by atoms with Crippen LogP contribution in [-0.2, 0) is 4.79 Å². The number of carbonyl (C=O) groups is 1. The molecular weight excluding hydrogens is 276 g/mol. The number of carbonyl (C=O) groups excluding carboxylic acids is 1. The molecule has 0 unspecified atom stereocenters. The number of nitrogens with one attached hydrogen (secondary N) is 2. The van der Waals surface area contributed by atoms with Gasteiger partial charge in [0.25, 0.3) is 0 Å². The maximum absolute atomic E-state index is 11.8. The van der Waals surface area contributed by atoms with E-state index in [1.165, 1.54) is 0 Å². The number of hydrogen-bond donors (Lipinski definition) is 2. The van der Waals surface area contributed by atoms with Gasteiger partial charge in [-0.05, 0) is 13.8 Å². The van der Waals surface area contributed by atoms with Crippen LogP contribution in [0.2, 0.25) is 5.15 Å². The highest BCUT2D eigenvalue weighted by molar-refractivity contribution is 6.34. The third-order valence-electron chi connectivity index (χ3n) is 3.18. The molecular formula is C14H17ClN4O. The Morgan fingerprint density at radius 3 is 2.55 bits per heavy atom. The molecule has 6 heteroatoms. The zero-order chi connectivity index (χ0) is 14.8. The van der Waals surface area contributed by atoms with E-state index < -0.39 is 5.41 Å². The minimum Gasteiger partial charge on any atom is -0.367 e. The minimum atomic E-state index is -0.544. The first-order valence-corrected chi connectivity index (χ1v) is 6.70. The molecule has 1 aromatic heterocycles. The molecule has 1 aromatic carbocycles. The Morgan fingerprint density at radius 2 is 1.90 bits per heavy atom. The van der Waals surface area contributed by atoms with Crippen LogP contribution < -0.4 is 10.6 Å². The summed E-state index contributed by atoms with van der Waals surface area (Å²) >= 11 is 6.03. The third-order valence-corrected chi connectivity index (χ3v) is 3.46. The number of amides is 1. The van der Waals surface area contributed by atoms with E-state index in [0.717, 1.165) is 10.8 Å². The van der Waals surface area contributed by atoms with Gasteiger partial charge in [-0.3, -0.25) is 4.79 Å². The van der Waals surface area contributed by atoms with Crippen LogP contribution in [-0.4, -0.2) is 29.7 Å². The molecule has 2 N–H and O–H groups in total. The fourth-order valence-electron chi connectivity index (χ4n) is 1.93. The van der Waals surface area contributed by atoms with Crippen molar-refractivity contribution in [2.24, 2.45) is 5.41 Å². The van der Waals surface area contributed by atoms with E-state index in [-0.39, 0.29) is 5.91 Å². The normalized spacial score (nSPS) is 11.4. The lowest BCUT2D eigenvalue weighted by Gasteiger charge is -2.23. The number of benzene rings is 1. The van der Waals surface area contributed by atoms with Crippen LogP contribution in [0.3, 0.4) is 0 Å². The summed E-state index contributed by atoms with van der Waals surface area (Å²) in [4.78, 5) is 11.8. The SMILES string of the molecule is CNC(=O)C(C)(C)CNc1nnc(Cl)c2ccccc12. The van der Waals surface area contributed by atoms with Crippen LogP contribution in [0, 0.1) is 5.41 Å². The van der Waals surface area contributed by atoms with Gasteiger partial charge in [0.05, 0.1) is 5.41 Å². The summed E-state index contributed by atoms with van der Waals surface area (Å²) < 4.78 is 0. The van der Waals surface area contributed by atoms with Crippen molar-refractivity contribution in [3.63, 3.8) is 0 Å². The van der Waals surface area contributed by atoms with E-state index >= 15 is 0 Å². The molecule has 0 aliphatic carbocycles. The average molecular weight is 293 g/mol. The van der Waals surface area contributed by atoms with Gasteiger partial charge in [-0.2, -0.15) is 0 Å². The van der Waals surface area contributed by atoms with Gasteiger partial charge in [-0.25, -0.2) is 0 Å². The zero-order valence-electron chi connectivity index (χ0n) is 11.7. The molecule has 1 amide bonds. The molecule has 20 heavy (non-hydrogen) atoms. The lowest BCUT2D eigenvalue weighted by atomic mass is 9.92. The van der Waals surface area contributed by atoms with E-state index in [2.05, 4.69) is 20.8 Å². The molecule has 2 rings (SSSR count). The number of fused-ring (bicyclic) bond motifs is 1. The number of rotatable bonds is 4. The molecule has 0 spiro atoms. The van der Waals surface area contributed by atoms with Crippen molar-refractivity contribution in [3.8, 4) is 0 Å². The lowest BCUT2D eigenvalue weighted by Crippen LogP contribution is -2.39. The lowest BCUT2D eigenvalue weighted by molar-refractivity contribution is -0.128. The monoisotopic (exact) mass is 292 g/mol. The van der Waals surface area contributed by atoms with Crippen molar-refractivity contribution >= 4 is 34.1 Å². The smallest absolute Gasteiger partial charge is 0.227 e. The van der Waals surface area contributed by atoms with E-state index in [1.807, 2.05) is 38.1 Å². The van der Waals surface area contributed by atoms with Crippen molar-refractivity contribution in [2.75, 3.05) is 18.9 Å². The summed E-state index contributed by atoms with van der Waals surface area (Å²) in [6, 6.07) is 7.62. The first-order chi connectivity index (χ1) is 9.45. The van der Waals surface area contributed by atoms with Gasteiger partial charge >= 0.3 is 0 Å². The molecule has 0 atom stereocenters. The Balaban J connectivity index is 2.27. The Bertz CT molecular complexity index is 642. The van der Waals surface area contributed by atoms with E-state index in [9.17, 15) is 4.79 Å². The summed E-state index contributed by atoms with van der Waals surface area (Å²) in [6.45, 7) is 4.18. The molecule has 106 valence electrons. The van der Waals surface area contributed by atoms with Gasteiger partial charge in [0, 0.05) is 24.4 Å². The highest BCUT2D eigenvalue weighted by Crippen LogP contribution is 2.26. The predicted molar refractivity (Wildman–Crippen MR) is 80.9 cm³/mol. The second-order valence-electron chi connectivity index (χ2n) is 5.20. The van der Waals surface area contributed by atoms with E-state index in [0.29, 0.717) is 17.5 Å². The molecule has 0 radical (unpaired) electrons. The highest BCUT2D eigenvalue weighted by atomic mass is 35.5. The van der Waals surface area contributed by atoms with Crippen molar-refractivity contribution < 1.29 is 4.79 Å². The molecule has 0 aliphatic rings. The van der Waals surface area contributed by atoms with Gasteiger partial charge in [-0.1, -0.05) is 35.9 Å². The number of anilines is 1. The first-order valence-electron chi connectivity index (χ1n) is 6.32. The van der Waals surface area contributed by atoms with Crippen LogP contribution in [0.5, 0.6) is 0 Å². The number of aromatic nitrogens is 2. The maximum atomic E-state index is 11.8. The second-order valence-corrected chi connectivity index (χ2v) is 5.56. The molecule has 1 heterocycles. The molecule has 2 aromatic rings. The Morgan fingerprint density at radius 1 is 1.25 bits per heavy atom. The number of nitrogens with zero attached hydrogens (tertiary/aromatic N) is 2. The molecule has 0 aliphatic heterocycles. The van der Waals surface area contributed by atoms with Crippen molar-refractivity contribution in [1.82, 2.24) is 15.5 Å². The topological polar surface area (TPSA) is 66.9 Å². The van der Waals surface area contributed by atoms with Crippen molar-refractivity contribution in [3.05, 3.63) is 29.4 Å². The fraction of sp³-hybridized carbons (Fsp3) is 0.357. The maximum Gasteiger partial charge on any atom is 0.227 e. The van der Waals surface area contributed by atoms with Crippen LogP contribution in [0.1, 0.15) is 13.8 Å². The van der Waals surface area contributed by atoms with Crippen molar-refractivity contribution in [2.45, 2.75) is 13.8 Å². The fourth-order valence-corrected chi connectivity index (χ4v) is 2.13. The number of halogens is 1. The summed E-state index contributed by atoms with van der Waals surface area (Å²) in [5.74, 6) is 0.596. The first kappa shape index (κ1) is 14.5. The van der Waals surface area contributed by atoms with E-state index in [4.69, 9.17) is 11.6 Å². The molecule has 0 fully saturated rings. The Hall–Kier alpha value is -1.88. The zero-order valence-corrected chi connectivity index (χ0v) is 12.5. The summed E-state index contributed by atoms with van der Waals surface area (Å²) in [7, 11) is 1.63. The standard InChI is InChI=1S/C14H17ClN4O/c1-14(2,13(20)16-3)8-17-12-10-7-5-4-6-9(10)11(15)18-19-12/h4-7H,8H2,1-3H3,(H,16,20)(H,17,19). The summed E-state index contributed by atoms with van der Waals surface area (Å²) in [6.07, 6.45) is 0. The van der Waals surface area contributed by atoms with Crippen molar-refractivity contribution in [1.29, 1.82) is 0 Å². The molecule has 0 saturated carbocycles. The van der Waals surface area contributed by atoms with Crippen LogP contribution >= 0.6 is 11.6 Å². The average Bonchev–Trinajstić information content (AvgIpc) is 2.46. The Labute approximate surface area is 122 Å².